The second kappa shape index (κ2) is 8.06. The number of hydrogen-bond acceptors (Lipinski definition) is 3. The Labute approximate surface area is 169 Å². The first kappa shape index (κ1) is 18.6. The van der Waals surface area contributed by atoms with Gasteiger partial charge in [0.15, 0.2) is 5.82 Å². The molecule has 29 heavy (non-hydrogen) atoms. The second-order valence-corrected chi connectivity index (χ2v) is 6.75. The monoisotopic (exact) mass is 386 g/mol. The number of carbonyl (C=O) groups excluding carboxylic acids is 1. The zero-order valence-corrected chi connectivity index (χ0v) is 16.4. The molecular weight excluding hydrogens is 364 g/mol. The summed E-state index contributed by atoms with van der Waals surface area (Å²) in [5.74, 6) is 1.27. The van der Waals surface area contributed by atoms with Gasteiger partial charge in [-0.25, -0.2) is 4.68 Å². The van der Waals surface area contributed by atoms with Crippen LogP contribution in [0.4, 0.5) is 0 Å². The number of rotatable bonds is 6. The molecular formula is C23H22N4O2. The zero-order chi connectivity index (χ0) is 20.2. The van der Waals surface area contributed by atoms with Crippen molar-refractivity contribution in [2.45, 2.75) is 13.5 Å². The first-order valence-corrected chi connectivity index (χ1v) is 9.35. The highest BCUT2D eigenvalue weighted by Gasteiger charge is 2.19. The molecule has 4 aromatic rings. The quantitative estimate of drug-likeness (QED) is 0.547. The highest BCUT2D eigenvalue weighted by molar-refractivity contribution is 5.97. The molecule has 0 aliphatic rings. The van der Waals surface area contributed by atoms with Gasteiger partial charge < -0.3 is 14.6 Å². The summed E-state index contributed by atoms with van der Waals surface area (Å²) in [6.45, 7) is 2.44. The van der Waals surface area contributed by atoms with Gasteiger partial charge in [0.2, 0.25) is 0 Å². The van der Waals surface area contributed by atoms with E-state index >= 15 is 0 Å². The van der Waals surface area contributed by atoms with Crippen LogP contribution in [0.3, 0.4) is 0 Å². The minimum atomic E-state index is -0.185. The molecule has 0 bridgehead atoms. The van der Waals surface area contributed by atoms with Crippen LogP contribution < -0.4 is 10.1 Å². The molecule has 1 amide bonds. The van der Waals surface area contributed by atoms with E-state index in [0.29, 0.717) is 17.9 Å². The average Bonchev–Trinajstić information content (AvgIpc) is 3.42. The molecule has 2 aromatic heterocycles. The van der Waals surface area contributed by atoms with E-state index in [1.54, 1.807) is 18.0 Å². The van der Waals surface area contributed by atoms with Crippen LogP contribution >= 0.6 is 0 Å². The summed E-state index contributed by atoms with van der Waals surface area (Å²) in [7, 11) is 1.63. The summed E-state index contributed by atoms with van der Waals surface area (Å²) < 4.78 is 8.92. The number of hydrogen-bond donors (Lipinski definition) is 1. The molecule has 1 N–H and O–H groups in total. The molecule has 0 saturated carbocycles. The third-order valence-electron chi connectivity index (χ3n) is 4.70. The Morgan fingerprint density at radius 2 is 1.83 bits per heavy atom. The van der Waals surface area contributed by atoms with E-state index in [9.17, 15) is 4.79 Å². The van der Waals surface area contributed by atoms with Crippen molar-refractivity contribution in [3.8, 4) is 17.3 Å². The van der Waals surface area contributed by atoms with Crippen molar-refractivity contribution < 1.29 is 9.53 Å². The predicted molar refractivity (Wildman–Crippen MR) is 112 cm³/mol. The van der Waals surface area contributed by atoms with Gasteiger partial charge in [-0.15, -0.1) is 0 Å². The fraction of sp³-hybridized carbons (Fsp3) is 0.130. The van der Waals surface area contributed by atoms with Crippen LogP contribution in [0.15, 0.2) is 79.3 Å². The van der Waals surface area contributed by atoms with E-state index in [1.165, 1.54) is 5.56 Å². The minimum Gasteiger partial charge on any atom is -0.497 e. The Balaban J connectivity index is 1.64. The number of aromatic nitrogens is 3. The van der Waals surface area contributed by atoms with Crippen LogP contribution in [0.2, 0.25) is 0 Å². The number of ether oxygens (including phenoxy) is 1. The van der Waals surface area contributed by atoms with E-state index in [1.807, 2.05) is 84.5 Å². The fourth-order valence-electron chi connectivity index (χ4n) is 3.16. The van der Waals surface area contributed by atoms with Crippen molar-refractivity contribution in [3.63, 3.8) is 0 Å². The van der Waals surface area contributed by atoms with Gasteiger partial charge in [-0.2, -0.15) is 5.10 Å². The predicted octanol–water partition coefficient (Wildman–Crippen LogP) is 3.91. The van der Waals surface area contributed by atoms with Crippen molar-refractivity contribution in [3.05, 3.63) is 95.9 Å². The Hall–Kier alpha value is -3.80. The Morgan fingerprint density at radius 3 is 2.55 bits per heavy atom. The molecule has 4 rings (SSSR count). The van der Waals surface area contributed by atoms with Crippen molar-refractivity contribution in [2.75, 3.05) is 7.11 Å². The fourth-order valence-corrected chi connectivity index (χ4v) is 3.16. The van der Waals surface area contributed by atoms with Crippen LogP contribution in [0.1, 0.15) is 21.5 Å². The number of amides is 1. The third kappa shape index (κ3) is 3.91. The first-order chi connectivity index (χ1) is 14.2. The first-order valence-electron chi connectivity index (χ1n) is 9.35. The summed E-state index contributed by atoms with van der Waals surface area (Å²) in [4.78, 5) is 13.0. The highest BCUT2D eigenvalue weighted by atomic mass is 16.5. The van der Waals surface area contributed by atoms with E-state index in [2.05, 4.69) is 10.4 Å². The smallest absolute Gasteiger partial charge is 0.256 e. The molecule has 0 spiro atoms. The summed E-state index contributed by atoms with van der Waals surface area (Å²) in [6, 6.07) is 19.5. The lowest BCUT2D eigenvalue weighted by atomic mass is 10.2. The maximum Gasteiger partial charge on any atom is 0.256 e. The number of benzene rings is 2. The van der Waals surface area contributed by atoms with Gasteiger partial charge >= 0.3 is 0 Å². The molecule has 0 radical (unpaired) electrons. The molecule has 0 atom stereocenters. The van der Waals surface area contributed by atoms with Crippen molar-refractivity contribution >= 4 is 5.91 Å². The summed E-state index contributed by atoms with van der Waals surface area (Å²) >= 11 is 0. The molecule has 2 heterocycles. The van der Waals surface area contributed by atoms with Gasteiger partial charge in [0, 0.05) is 18.9 Å². The lowest BCUT2D eigenvalue weighted by molar-refractivity contribution is 0.0951. The van der Waals surface area contributed by atoms with Gasteiger partial charge in [0.25, 0.3) is 5.91 Å². The molecule has 6 nitrogen and oxygen atoms in total. The molecule has 6 heteroatoms. The number of methoxy groups -OCH3 is 1. The largest absolute Gasteiger partial charge is 0.497 e. The number of nitrogens with zero attached hydrogens (tertiary/aromatic N) is 3. The number of carbonyl (C=O) groups is 1. The van der Waals surface area contributed by atoms with E-state index in [-0.39, 0.29) is 5.91 Å². The van der Waals surface area contributed by atoms with Crippen LogP contribution in [-0.4, -0.2) is 27.4 Å². The summed E-state index contributed by atoms with van der Waals surface area (Å²) in [5.41, 5.74) is 3.53. The summed E-state index contributed by atoms with van der Waals surface area (Å²) in [6.07, 6.45) is 5.41. The molecule has 0 aliphatic carbocycles. The van der Waals surface area contributed by atoms with Crippen molar-refractivity contribution in [2.24, 2.45) is 0 Å². The van der Waals surface area contributed by atoms with Gasteiger partial charge in [0.1, 0.15) is 11.3 Å². The van der Waals surface area contributed by atoms with Crippen LogP contribution in [0.5, 0.6) is 5.75 Å². The maximum absolute atomic E-state index is 13.0. The third-order valence-corrected chi connectivity index (χ3v) is 4.70. The SMILES string of the molecule is COc1cccc(CNC(=O)c2cnn(-c3ccc(C)cc3)c2-n2cccc2)c1. The molecule has 0 saturated heterocycles. The van der Waals surface area contributed by atoms with Gasteiger partial charge in [0.05, 0.1) is 19.0 Å². The van der Waals surface area contributed by atoms with Crippen molar-refractivity contribution in [1.29, 1.82) is 0 Å². The molecule has 2 aromatic carbocycles. The average molecular weight is 386 g/mol. The van der Waals surface area contributed by atoms with E-state index < -0.39 is 0 Å². The van der Waals surface area contributed by atoms with Crippen LogP contribution in [0, 0.1) is 6.92 Å². The standard InChI is InChI=1S/C23H22N4O2/c1-17-8-10-19(11-9-17)27-23(26-12-3-4-13-26)21(16-25-27)22(28)24-15-18-6-5-7-20(14-18)29-2/h3-14,16H,15H2,1-2H3,(H,24,28). The van der Waals surface area contributed by atoms with Crippen LogP contribution in [-0.2, 0) is 6.54 Å². The normalized spacial score (nSPS) is 10.7. The van der Waals surface area contributed by atoms with Crippen LogP contribution in [0.25, 0.3) is 11.5 Å². The molecule has 0 aliphatic heterocycles. The topological polar surface area (TPSA) is 61.1 Å². The van der Waals surface area contributed by atoms with E-state index in [0.717, 1.165) is 17.0 Å². The van der Waals surface area contributed by atoms with Gasteiger partial charge in [-0.1, -0.05) is 29.8 Å². The van der Waals surface area contributed by atoms with Gasteiger partial charge in [-0.05, 0) is 48.9 Å². The minimum absolute atomic E-state index is 0.185. The highest BCUT2D eigenvalue weighted by Crippen LogP contribution is 2.20. The van der Waals surface area contributed by atoms with Crippen molar-refractivity contribution in [1.82, 2.24) is 19.7 Å². The number of nitrogens with one attached hydrogen (secondary N) is 1. The maximum atomic E-state index is 13.0. The second-order valence-electron chi connectivity index (χ2n) is 6.75. The number of aryl methyl sites for hydroxylation is 1. The Kier molecular flexibility index (Phi) is 5.16. The molecule has 146 valence electrons. The lowest BCUT2D eigenvalue weighted by Gasteiger charge is -2.12. The Morgan fingerprint density at radius 1 is 1.07 bits per heavy atom. The Bertz CT molecular complexity index is 1110. The zero-order valence-electron chi connectivity index (χ0n) is 16.4. The van der Waals surface area contributed by atoms with Gasteiger partial charge in [-0.3, -0.25) is 4.79 Å². The summed E-state index contributed by atoms with van der Waals surface area (Å²) in [5, 5.41) is 7.47. The lowest BCUT2D eigenvalue weighted by Crippen LogP contribution is -2.24. The molecule has 0 fully saturated rings. The molecule has 0 unspecified atom stereocenters. The van der Waals surface area contributed by atoms with E-state index in [4.69, 9.17) is 4.74 Å².